The Balaban J connectivity index is 0.00000392. The standard InChI is InChI=1S/C20H27FN4O2.HI/c1-4-22-20(24-12-16-5-7-18(21)15(2)11-16)25-14-17-6-8-19(23-13-17)27-10-9-26-3;/h5-8,11,13H,4,9-10,12,14H2,1-3H3,(H2,22,24,25);1H. The molecule has 0 fully saturated rings. The molecule has 0 aliphatic rings. The number of halogens is 2. The minimum absolute atomic E-state index is 0. The summed E-state index contributed by atoms with van der Waals surface area (Å²) < 4.78 is 23.8. The highest BCUT2D eigenvalue weighted by molar-refractivity contribution is 14.0. The lowest BCUT2D eigenvalue weighted by atomic mass is 10.1. The van der Waals surface area contributed by atoms with Crippen LogP contribution >= 0.6 is 24.0 Å². The third kappa shape index (κ3) is 8.39. The van der Waals surface area contributed by atoms with Crippen molar-refractivity contribution in [1.29, 1.82) is 0 Å². The molecule has 0 amide bonds. The van der Waals surface area contributed by atoms with Crippen molar-refractivity contribution in [2.45, 2.75) is 26.9 Å². The molecule has 0 unspecified atom stereocenters. The Bertz CT molecular complexity index is 741. The van der Waals surface area contributed by atoms with Crippen molar-refractivity contribution in [3.63, 3.8) is 0 Å². The van der Waals surface area contributed by atoms with Gasteiger partial charge in [-0.15, -0.1) is 24.0 Å². The fraction of sp³-hybridized carbons (Fsp3) is 0.400. The van der Waals surface area contributed by atoms with Crippen LogP contribution < -0.4 is 15.4 Å². The molecule has 8 heteroatoms. The maximum Gasteiger partial charge on any atom is 0.213 e. The van der Waals surface area contributed by atoms with E-state index in [0.717, 1.165) is 17.7 Å². The van der Waals surface area contributed by atoms with Crippen LogP contribution in [0.1, 0.15) is 23.6 Å². The summed E-state index contributed by atoms with van der Waals surface area (Å²) in [4.78, 5) is 8.83. The number of rotatable bonds is 9. The predicted molar refractivity (Wildman–Crippen MR) is 120 cm³/mol. The summed E-state index contributed by atoms with van der Waals surface area (Å²) in [6.07, 6.45) is 1.75. The smallest absolute Gasteiger partial charge is 0.213 e. The lowest BCUT2D eigenvalue weighted by Crippen LogP contribution is -2.36. The van der Waals surface area contributed by atoms with Crippen LogP contribution in [0.5, 0.6) is 5.88 Å². The van der Waals surface area contributed by atoms with Crippen molar-refractivity contribution >= 4 is 29.9 Å². The highest BCUT2D eigenvalue weighted by Gasteiger charge is 2.02. The van der Waals surface area contributed by atoms with E-state index >= 15 is 0 Å². The Morgan fingerprint density at radius 2 is 1.93 bits per heavy atom. The minimum Gasteiger partial charge on any atom is -0.475 e. The first-order valence-corrected chi connectivity index (χ1v) is 8.96. The van der Waals surface area contributed by atoms with Crippen molar-refractivity contribution in [1.82, 2.24) is 15.6 Å². The zero-order valence-electron chi connectivity index (χ0n) is 16.5. The van der Waals surface area contributed by atoms with Gasteiger partial charge >= 0.3 is 0 Å². The second kappa shape index (κ2) is 13.3. The zero-order chi connectivity index (χ0) is 19.5. The molecule has 0 radical (unpaired) electrons. The van der Waals surface area contributed by atoms with E-state index in [1.54, 1.807) is 26.3 Å². The van der Waals surface area contributed by atoms with E-state index in [1.807, 2.05) is 25.1 Å². The van der Waals surface area contributed by atoms with Gasteiger partial charge in [-0.05, 0) is 36.6 Å². The normalized spacial score (nSPS) is 10.9. The molecule has 6 nitrogen and oxygen atoms in total. The summed E-state index contributed by atoms with van der Waals surface area (Å²) in [6, 6.07) is 8.84. The summed E-state index contributed by atoms with van der Waals surface area (Å²) in [5.41, 5.74) is 2.61. The third-order valence-electron chi connectivity index (χ3n) is 3.78. The summed E-state index contributed by atoms with van der Waals surface area (Å²) in [6.45, 7) is 6.57. The highest BCUT2D eigenvalue weighted by atomic mass is 127. The number of nitrogens with zero attached hydrogens (tertiary/aromatic N) is 2. The minimum atomic E-state index is -0.193. The van der Waals surface area contributed by atoms with E-state index in [-0.39, 0.29) is 29.8 Å². The summed E-state index contributed by atoms with van der Waals surface area (Å²) in [7, 11) is 1.63. The SMILES string of the molecule is CCNC(=NCc1ccc(OCCOC)nc1)NCc1ccc(F)c(C)c1.I. The first-order chi connectivity index (χ1) is 13.1. The number of aliphatic imine (C=N–C) groups is 1. The second-order valence-corrected chi connectivity index (χ2v) is 5.98. The number of aromatic nitrogens is 1. The fourth-order valence-corrected chi connectivity index (χ4v) is 2.33. The van der Waals surface area contributed by atoms with Crippen molar-refractivity contribution in [2.24, 2.45) is 4.99 Å². The van der Waals surface area contributed by atoms with Crippen LogP contribution in [-0.4, -0.2) is 37.8 Å². The van der Waals surface area contributed by atoms with E-state index in [2.05, 4.69) is 20.6 Å². The third-order valence-corrected chi connectivity index (χ3v) is 3.78. The molecule has 28 heavy (non-hydrogen) atoms. The number of methoxy groups -OCH3 is 1. The largest absolute Gasteiger partial charge is 0.475 e. The van der Waals surface area contributed by atoms with Crippen molar-refractivity contribution in [2.75, 3.05) is 26.9 Å². The molecular formula is C20H28FIN4O2. The molecule has 2 N–H and O–H groups in total. The Labute approximate surface area is 183 Å². The summed E-state index contributed by atoms with van der Waals surface area (Å²) >= 11 is 0. The predicted octanol–water partition coefficient (Wildman–Crippen LogP) is 3.43. The number of pyridine rings is 1. The Morgan fingerprint density at radius 1 is 1.14 bits per heavy atom. The van der Waals surface area contributed by atoms with E-state index in [4.69, 9.17) is 9.47 Å². The number of benzene rings is 1. The van der Waals surface area contributed by atoms with Crippen molar-refractivity contribution in [3.05, 3.63) is 59.0 Å². The van der Waals surface area contributed by atoms with Gasteiger partial charge in [0, 0.05) is 32.5 Å². The molecule has 2 rings (SSSR count). The first-order valence-electron chi connectivity index (χ1n) is 8.96. The number of hydrogen-bond donors (Lipinski definition) is 2. The van der Waals surface area contributed by atoms with Crippen LogP contribution in [0.4, 0.5) is 4.39 Å². The molecule has 1 heterocycles. The molecule has 0 aliphatic carbocycles. The van der Waals surface area contributed by atoms with Gasteiger partial charge in [-0.25, -0.2) is 14.4 Å². The highest BCUT2D eigenvalue weighted by Crippen LogP contribution is 2.10. The number of aryl methyl sites for hydroxylation is 1. The first kappa shape index (κ1) is 24.1. The average Bonchev–Trinajstić information content (AvgIpc) is 2.68. The Hall–Kier alpha value is -1.94. The van der Waals surface area contributed by atoms with E-state index in [0.29, 0.717) is 43.7 Å². The zero-order valence-corrected chi connectivity index (χ0v) is 18.8. The summed E-state index contributed by atoms with van der Waals surface area (Å²) in [5, 5.41) is 6.46. The van der Waals surface area contributed by atoms with Crippen LogP contribution in [0.3, 0.4) is 0 Å². The molecule has 0 spiro atoms. The van der Waals surface area contributed by atoms with Gasteiger partial charge in [-0.1, -0.05) is 18.2 Å². The van der Waals surface area contributed by atoms with Crippen LogP contribution in [0, 0.1) is 12.7 Å². The van der Waals surface area contributed by atoms with Gasteiger partial charge < -0.3 is 20.1 Å². The lowest BCUT2D eigenvalue weighted by molar-refractivity contribution is 0.143. The number of hydrogen-bond acceptors (Lipinski definition) is 4. The number of nitrogens with one attached hydrogen (secondary N) is 2. The average molecular weight is 502 g/mol. The number of guanidine groups is 1. The van der Waals surface area contributed by atoms with Gasteiger partial charge in [-0.2, -0.15) is 0 Å². The van der Waals surface area contributed by atoms with Gasteiger partial charge in [0.2, 0.25) is 5.88 Å². The van der Waals surface area contributed by atoms with Gasteiger partial charge in [-0.3, -0.25) is 0 Å². The van der Waals surface area contributed by atoms with Crippen molar-refractivity contribution < 1.29 is 13.9 Å². The van der Waals surface area contributed by atoms with Gasteiger partial charge in [0.25, 0.3) is 0 Å². The maximum atomic E-state index is 13.4. The molecule has 0 atom stereocenters. The van der Waals surface area contributed by atoms with Crippen LogP contribution in [0.15, 0.2) is 41.5 Å². The fourth-order valence-electron chi connectivity index (χ4n) is 2.33. The van der Waals surface area contributed by atoms with Crippen molar-refractivity contribution in [3.8, 4) is 5.88 Å². The molecule has 0 saturated heterocycles. The van der Waals surface area contributed by atoms with Crippen LogP contribution in [0.25, 0.3) is 0 Å². The molecule has 154 valence electrons. The summed E-state index contributed by atoms with van der Waals surface area (Å²) in [5.74, 6) is 1.07. The molecule has 1 aromatic heterocycles. The molecule has 0 bridgehead atoms. The Morgan fingerprint density at radius 3 is 2.57 bits per heavy atom. The van der Waals surface area contributed by atoms with Crippen LogP contribution in [0.2, 0.25) is 0 Å². The lowest BCUT2D eigenvalue weighted by Gasteiger charge is -2.12. The molecule has 1 aromatic carbocycles. The maximum absolute atomic E-state index is 13.4. The topological polar surface area (TPSA) is 67.8 Å². The van der Waals surface area contributed by atoms with E-state index in [9.17, 15) is 4.39 Å². The van der Waals surface area contributed by atoms with E-state index in [1.165, 1.54) is 6.07 Å². The van der Waals surface area contributed by atoms with Gasteiger partial charge in [0.05, 0.1) is 13.2 Å². The van der Waals surface area contributed by atoms with Gasteiger partial charge in [0.15, 0.2) is 5.96 Å². The molecule has 2 aromatic rings. The molecule has 0 aliphatic heterocycles. The quantitative estimate of drug-likeness (QED) is 0.238. The van der Waals surface area contributed by atoms with Crippen LogP contribution in [-0.2, 0) is 17.8 Å². The molecule has 0 saturated carbocycles. The van der Waals surface area contributed by atoms with E-state index < -0.39 is 0 Å². The second-order valence-electron chi connectivity index (χ2n) is 5.98. The molecular weight excluding hydrogens is 474 g/mol. The number of ether oxygens (including phenoxy) is 2. The Kier molecular flexibility index (Phi) is 11.4. The van der Waals surface area contributed by atoms with Gasteiger partial charge in [0.1, 0.15) is 12.4 Å². The monoisotopic (exact) mass is 502 g/mol.